The summed E-state index contributed by atoms with van der Waals surface area (Å²) in [5, 5.41) is 12.5. The van der Waals surface area contributed by atoms with E-state index in [9.17, 15) is 4.79 Å². The highest BCUT2D eigenvalue weighted by atomic mass is 32.2. The monoisotopic (exact) mass is 424 g/mol. The molecule has 158 valence electrons. The molecule has 0 fully saturated rings. The highest BCUT2D eigenvalue weighted by Gasteiger charge is 2.18. The summed E-state index contributed by atoms with van der Waals surface area (Å²) in [6.07, 6.45) is 2.01. The van der Waals surface area contributed by atoms with Crippen LogP contribution in [0.5, 0.6) is 5.75 Å². The number of aromatic nitrogens is 3. The molecular weight excluding hydrogens is 396 g/mol. The highest BCUT2D eigenvalue weighted by molar-refractivity contribution is 7.99. The number of thioether (sulfide) groups is 1. The van der Waals surface area contributed by atoms with E-state index in [0.29, 0.717) is 10.9 Å². The molecular formula is C23H28N4O2S. The lowest BCUT2D eigenvalue weighted by Gasteiger charge is -2.13. The Hall–Kier alpha value is -2.80. The Labute approximate surface area is 182 Å². The number of nitrogens with zero attached hydrogens (tertiary/aromatic N) is 3. The van der Waals surface area contributed by atoms with E-state index < -0.39 is 0 Å². The Morgan fingerprint density at radius 1 is 1.13 bits per heavy atom. The third-order valence-corrected chi connectivity index (χ3v) is 5.66. The molecule has 6 nitrogen and oxygen atoms in total. The molecule has 1 heterocycles. The predicted molar refractivity (Wildman–Crippen MR) is 121 cm³/mol. The number of methoxy groups -OCH3 is 1. The van der Waals surface area contributed by atoms with Gasteiger partial charge in [-0.15, -0.1) is 10.2 Å². The minimum atomic E-state index is 0.00500. The number of hydrogen-bond donors (Lipinski definition) is 1. The molecule has 7 heteroatoms. The van der Waals surface area contributed by atoms with E-state index in [1.54, 1.807) is 7.11 Å². The first-order valence-electron chi connectivity index (χ1n) is 10.1. The van der Waals surface area contributed by atoms with Crippen LogP contribution in [-0.4, -0.2) is 39.6 Å². The van der Waals surface area contributed by atoms with Gasteiger partial charge in [0, 0.05) is 17.3 Å². The standard InChI is InChI=1S/C23H28N4O2S/c1-5-6-17(3)24-21(28)15-30-23-26-25-22(18-9-13-20(29-4)14-10-18)27(23)19-11-7-16(2)8-12-19/h7-14,17H,5-6,15H2,1-4H3,(H,24,28). The van der Waals surface area contributed by atoms with Crippen LogP contribution in [0.3, 0.4) is 0 Å². The molecule has 0 radical (unpaired) electrons. The van der Waals surface area contributed by atoms with Crippen LogP contribution in [0, 0.1) is 6.92 Å². The van der Waals surface area contributed by atoms with Gasteiger partial charge >= 0.3 is 0 Å². The third-order valence-electron chi connectivity index (χ3n) is 4.74. The van der Waals surface area contributed by atoms with Gasteiger partial charge in [0.15, 0.2) is 11.0 Å². The number of carbonyl (C=O) groups is 1. The predicted octanol–water partition coefficient (Wildman–Crippen LogP) is 4.65. The second-order valence-electron chi connectivity index (χ2n) is 7.25. The smallest absolute Gasteiger partial charge is 0.230 e. The largest absolute Gasteiger partial charge is 0.497 e. The van der Waals surface area contributed by atoms with Gasteiger partial charge in [-0.2, -0.15) is 0 Å². The molecule has 3 rings (SSSR count). The van der Waals surface area contributed by atoms with Gasteiger partial charge in [-0.1, -0.05) is 42.8 Å². The fourth-order valence-corrected chi connectivity index (χ4v) is 3.93. The van der Waals surface area contributed by atoms with Gasteiger partial charge in [0.25, 0.3) is 0 Å². The van der Waals surface area contributed by atoms with Crippen molar-refractivity contribution < 1.29 is 9.53 Å². The quantitative estimate of drug-likeness (QED) is 0.507. The second-order valence-corrected chi connectivity index (χ2v) is 8.19. The van der Waals surface area contributed by atoms with E-state index in [1.165, 1.54) is 17.3 Å². The SMILES string of the molecule is CCCC(C)NC(=O)CSc1nnc(-c2ccc(OC)cc2)n1-c1ccc(C)cc1. The number of amides is 1. The Balaban J connectivity index is 1.88. The minimum absolute atomic E-state index is 0.00500. The van der Waals surface area contributed by atoms with Crippen molar-refractivity contribution >= 4 is 17.7 Å². The number of aryl methyl sites for hydroxylation is 1. The van der Waals surface area contributed by atoms with Crippen LogP contribution in [0.15, 0.2) is 53.7 Å². The Bertz CT molecular complexity index is 968. The summed E-state index contributed by atoms with van der Waals surface area (Å²) in [5.41, 5.74) is 3.06. The fraction of sp³-hybridized carbons (Fsp3) is 0.348. The van der Waals surface area contributed by atoms with Gasteiger partial charge in [0.2, 0.25) is 5.91 Å². The zero-order valence-electron chi connectivity index (χ0n) is 17.9. The number of ether oxygens (including phenoxy) is 1. The van der Waals surface area contributed by atoms with Crippen LogP contribution >= 0.6 is 11.8 Å². The van der Waals surface area contributed by atoms with E-state index in [1.807, 2.05) is 47.9 Å². The molecule has 0 aliphatic carbocycles. The van der Waals surface area contributed by atoms with Crippen molar-refractivity contribution in [1.82, 2.24) is 20.1 Å². The van der Waals surface area contributed by atoms with Crippen LogP contribution in [0.4, 0.5) is 0 Å². The van der Waals surface area contributed by atoms with Gasteiger partial charge in [-0.05, 0) is 56.7 Å². The fourth-order valence-electron chi connectivity index (χ4n) is 3.17. The van der Waals surface area contributed by atoms with Crippen molar-refractivity contribution in [3.63, 3.8) is 0 Å². The number of nitrogens with one attached hydrogen (secondary N) is 1. The number of hydrogen-bond acceptors (Lipinski definition) is 5. The summed E-state index contributed by atoms with van der Waals surface area (Å²) < 4.78 is 7.26. The highest BCUT2D eigenvalue weighted by Crippen LogP contribution is 2.29. The van der Waals surface area contributed by atoms with Gasteiger partial charge in [0.1, 0.15) is 5.75 Å². The first-order chi connectivity index (χ1) is 14.5. The lowest BCUT2D eigenvalue weighted by Crippen LogP contribution is -2.33. The Kier molecular flexibility index (Phi) is 7.52. The van der Waals surface area contributed by atoms with Crippen molar-refractivity contribution in [2.45, 2.75) is 44.8 Å². The van der Waals surface area contributed by atoms with E-state index in [0.717, 1.165) is 35.7 Å². The zero-order valence-corrected chi connectivity index (χ0v) is 18.7. The molecule has 3 aromatic rings. The molecule has 1 amide bonds. The lowest BCUT2D eigenvalue weighted by atomic mass is 10.2. The van der Waals surface area contributed by atoms with Crippen LogP contribution in [0.2, 0.25) is 0 Å². The summed E-state index contributed by atoms with van der Waals surface area (Å²) in [7, 11) is 1.64. The summed E-state index contributed by atoms with van der Waals surface area (Å²) in [6.45, 7) is 6.20. The molecule has 0 spiro atoms. The van der Waals surface area contributed by atoms with Gasteiger partial charge in [-0.25, -0.2) is 0 Å². The minimum Gasteiger partial charge on any atom is -0.497 e. The maximum atomic E-state index is 12.3. The molecule has 30 heavy (non-hydrogen) atoms. The second kappa shape index (κ2) is 10.3. The average molecular weight is 425 g/mol. The molecule has 0 saturated heterocycles. The molecule has 1 unspecified atom stereocenters. The molecule has 0 bridgehead atoms. The number of rotatable bonds is 9. The van der Waals surface area contributed by atoms with E-state index in [-0.39, 0.29) is 11.9 Å². The summed E-state index contributed by atoms with van der Waals surface area (Å²) in [5.74, 6) is 1.81. The van der Waals surface area contributed by atoms with Crippen molar-refractivity contribution in [2.24, 2.45) is 0 Å². The van der Waals surface area contributed by atoms with Crippen LogP contribution in [0.1, 0.15) is 32.3 Å². The number of benzene rings is 2. The van der Waals surface area contributed by atoms with Crippen molar-refractivity contribution in [3.05, 3.63) is 54.1 Å². The molecule has 1 aromatic heterocycles. The maximum Gasteiger partial charge on any atom is 0.230 e. The molecule has 2 aromatic carbocycles. The van der Waals surface area contributed by atoms with Gasteiger partial charge < -0.3 is 10.1 Å². The first kappa shape index (κ1) is 21.9. The Morgan fingerprint density at radius 3 is 2.47 bits per heavy atom. The topological polar surface area (TPSA) is 69.0 Å². The Morgan fingerprint density at radius 2 is 1.83 bits per heavy atom. The van der Waals surface area contributed by atoms with E-state index >= 15 is 0 Å². The lowest BCUT2D eigenvalue weighted by molar-refractivity contribution is -0.119. The van der Waals surface area contributed by atoms with E-state index in [2.05, 4.69) is 41.5 Å². The number of carbonyl (C=O) groups excluding carboxylic acids is 1. The normalized spacial score (nSPS) is 11.9. The summed E-state index contributed by atoms with van der Waals surface area (Å²) >= 11 is 1.39. The summed E-state index contributed by atoms with van der Waals surface area (Å²) in [6, 6.07) is 16.1. The zero-order chi connectivity index (χ0) is 21.5. The van der Waals surface area contributed by atoms with Gasteiger partial charge in [0.05, 0.1) is 12.9 Å². The molecule has 0 aliphatic heterocycles. The van der Waals surface area contributed by atoms with Gasteiger partial charge in [-0.3, -0.25) is 9.36 Å². The third kappa shape index (κ3) is 5.42. The molecule has 0 saturated carbocycles. The van der Waals surface area contributed by atoms with Crippen molar-refractivity contribution in [3.8, 4) is 22.8 Å². The average Bonchev–Trinajstić information content (AvgIpc) is 3.17. The summed E-state index contributed by atoms with van der Waals surface area (Å²) in [4.78, 5) is 12.3. The molecule has 0 aliphatic rings. The molecule has 1 atom stereocenters. The van der Waals surface area contributed by atoms with Crippen LogP contribution < -0.4 is 10.1 Å². The van der Waals surface area contributed by atoms with E-state index in [4.69, 9.17) is 4.74 Å². The van der Waals surface area contributed by atoms with Crippen LogP contribution in [0.25, 0.3) is 17.1 Å². The van der Waals surface area contributed by atoms with Crippen molar-refractivity contribution in [2.75, 3.05) is 12.9 Å². The molecule has 1 N–H and O–H groups in total. The maximum absolute atomic E-state index is 12.3. The van der Waals surface area contributed by atoms with Crippen molar-refractivity contribution in [1.29, 1.82) is 0 Å². The first-order valence-corrected chi connectivity index (χ1v) is 11.1. The van der Waals surface area contributed by atoms with Crippen LogP contribution in [-0.2, 0) is 4.79 Å².